The van der Waals surface area contributed by atoms with Crippen LogP contribution in [0.15, 0.2) is 12.1 Å². The SMILES string of the molecule is CN(C)CCCn1c(N)nc2ccc3c(c21)C[C@@H](CO)O3. The molecule has 0 radical (unpaired) electrons. The first-order chi connectivity index (χ1) is 10.1. The van der Waals surface area contributed by atoms with E-state index in [0.29, 0.717) is 12.4 Å². The van der Waals surface area contributed by atoms with Gasteiger partial charge in [-0.15, -0.1) is 0 Å². The van der Waals surface area contributed by atoms with Crippen LogP contribution < -0.4 is 10.5 Å². The minimum atomic E-state index is -0.156. The molecule has 3 N–H and O–H groups in total. The van der Waals surface area contributed by atoms with Gasteiger partial charge in [0.25, 0.3) is 0 Å². The predicted molar refractivity (Wildman–Crippen MR) is 82.5 cm³/mol. The third-order valence-corrected chi connectivity index (χ3v) is 3.92. The van der Waals surface area contributed by atoms with Crippen LogP contribution in [0.25, 0.3) is 11.0 Å². The molecule has 1 aliphatic rings. The summed E-state index contributed by atoms with van der Waals surface area (Å²) in [4.78, 5) is 6.61. The number of aliphatic hydroxyl groups is 1. The average molecular weight is 290 g/mol. The summed E-state index contributed by atoms with van der Waals surface area (Å²) in [6, 6.07) is 3.86. The maximum atomic E-state index is 9.31. The van der Waals surface area contributed by atoms with Gasteiger partial charge in [0.15, 0.2) is 0 Å². The number of nitrogens with two attached hydrogens (primary N) is 1. The smallest absolute Gasteiger partial charge is 0.201 e. The average Bonchev–Trinajstić information content (AvgIpc) is 2.99. The van der Waals surface area contributed by atoms with Crippen molar-refractivity contribution in [2.24, 2.45) is 0 Å². The molecule has 1 atom stereocenters. The summed E-state index contributed by atoms with van der Waals surface area (Å²) in [7, 11) is 4.12. The molecular formula is C15H22N4O2. The van der Waals surface area contributed by atoms with Crippen molar-refractivity contribution in [2.75, 3.05) is 33.0 Å². The number of aromatic nitrogens is 2. The van der Waals surface area contributed by atoms with E-state index in [-0.39, 0.29) is 12.7 Å². The second kappa shape index (κ2) is 5.54. The number of nitrogen functional groups attached to an aromatic ring is 1. The molecule has 114 valence electrons. The molecule has 21 heavy (non-hydrogen) atoms. The van der Waals surface area contributed by atoms with Crippen LogP contribution in [-0.4, -0.2) is 52.9 Å². The highest BCUT2D eigenvalue weighted by atomic mass is 16.5. The molecule has 3 rings (SSSR count). The van der Waals surface area contributed by atoms with Gasteiger partial charge in [-0.2, -0.15) is 0 Å². The summed E-state index contributed by atoms with van der Waals surface area (Å²) in [5.74, 6) is 1.39. The first-order valence-corrected chi connectivity index (χ1v) is 7.30. The highest BCUT2D eigenvalue weighted by molar-refractivity contribution is 5.84. The van der Waals surface area contributed by atoms with Crippen molar-refractivity contribution in [1.29, 1.82) is 0 Å². The van der Waals surface area contributed by atoms with Gasteiger partial charge in [0.05, 0.1) is 17.6 Å². The molecule has 0 amide bonds. The highest BCUT2D eigenvalue weighted by Gasteiger charge is 2.26. The zero-order valence-electron chi connectivity index (χ0n) is 12.5. The van der Waals surface area contributed by atoms with E-state index in [0.717, 1.165) is 41.9 Å². The quantitative estimate of drug-likeness (QED) is 0.854. The van der Waals surface area contributed by atoms with E-state index in [9.17, 15) is 5.11 Å². The van der Waals surface area contributed by atoms with Crippen LogP contribution in [0.5, 0.6) is 5.75 Å². The topological polar surface area (TPSA) is 76.5 Å². The number of rotatable bonds is 5. The van der Waals surface area contributed by atoms with Crippen LogP contribution in [0.1, 0.15) is 12.0 Å². The standard InChI is InChI=1S/C15H22N4O2/c1-18(2)6-3-7-19-14-11-8-10(9-20)21-13(11)5-4-12(14)17-15(19)16/h4-5,10,20H,3,6-9H2,1-2H3,(H2,16,17)/t10-/m0/s1. The summed E-state index contributed by atoms with van der Waals surface area (Å²) in [5.41, 5.74) is 9.15. The van der Waals surface area contributed by atoms with Crippen LogP contribution in [0.3, 0.4) is 0 Å². The Labute approximate surface area is 124 Å². The Bertz CT molecular complexity index is 651. The molecule has 0 unspecified atom stereocenters. The summed E-state index contributed by atoms with van der Waals surface area (Å²) in [6.45, 7) is 1.87. The third-order valence-electron chi connectivity index (χ3n) is 3.92. The van der Waals surface area contributed by atoms with E-state index < -0.39 is 0 Å². The lowest BCUT2D eigenvalue weighted by molar-refractivity contribution is 0.134. The number of aryl methyl sites for hydroxylation is 1. The minimum Gasteiger partial charge on any atom is -0.487 e. The maximum absolute atomic E-state index is 9.31. The van der Waals surface area contributed by atoms with E-state index in [2.05, 4.69) is 28.5 Å². The van der Waals surface area contributed by atoms with Gasteiger partial charge in [-0.05, 0) is 39.2 Å². The van der Waals surface area contributed by atoms with Crippen molar-refractivity contribution >= 4 is 17.0 Å². The fraction of sp³-hybridized carbons (Fsp3) is 0.533. The number of benzene rings is 1. The number of imidazole rings is 1. The van der Waals surface area contributed by atoms with Crippen molar-refractivity contribution < 1.29 is 9.84 Å². The summed E-state index contributed by atoms with van der Waals surface area (Å²) >= 11 is 0. The molecule has 0 saturated heterocycles. The van der Waals surface area contributed by atoms with Gasteiger partial charge in [0.2, 0.25) is 5.95 Å². The van der Waals surface area contributed by atoms with Crippen molar-refractivity contribution in [3.8, 4) is 5.75 Å². The Morgan fingerprint density at radius 1 is 1.48 bits per heavy atom. The molecule has 6 heteroatoms. The molecule has 1 aromatic carbocycles. The molecule has 0 aliphatic carbocycles. The summed E-state index contributed by atoms with van der Waals surface area (Å²) < 4.78 is 7.80. The van der Waals surface area contributed by atoms with Gasteiger partial charge < -0.3 is 25.0 Å². The zero-order chi connectivity index (χ0) is 15.0. The largest absolute Gasteiger partial charge is 0.487 e. The van der Waals surface area contributed by atoms with Crippen LogP contribution in [-0.2, 0) is 13.0 Å². The van der Waals surface area contributed by atoms with Crippen molar-refractivity contribution in [1.82, 2.24) is 14.5 Å². The van der Waals surface area contributed by atoms with E-state index in [4.69, 9.17) is 10.5 Å². The van der Waals surface area contributed by atoms with Gasteiger partial charge in [-0.3, -0.25) is 0 Å². The van der Waals surface area contributed by atoms with Gasteiger partial charge in [0, 0.05) is 18.5 Å². The molecular weight excluding hydrogens is 268 g/mol. The van der Waals surface area contributed by atoms with Crippen LogP contribution >= 0.6 is 0 Å². The molecule has 0 spiro atoms. The number of hydrogen-bond donors (Lipinski definition) is 2. The number of nitrogens with zero attached hydrogens (tertiary/aromatic N) is 3. The highest BCUT2D eigenvalue weighted by Crippen LogP contribution is 2.36. The second-order valence-electron chi connectivity index (χ2n) is 5.82. The van der Waals surface area contributed by atoms with Gasteiger partial charge in [-0.25, -0.2) is 4.98 Å². The first kappa shape index (κ1) is 14.2. The Morgan fingerprint density at radius 3 is 3.00 bits per heavy atom. The van der Waals surface area contributed by atoms with Crippen molar-refractivity contribution in [3.63, 3.8) is 0 Å². The van der Waals surface area contributed by atoms with E-state index in [1.54, 1.807) is 0 Å². The monoisotopic (exact) mass is 290 g/mol. The lowest BCUT2D eigenvalue weighted by atomic mass is 10.1. The Kier molecular flexibility index (Phi) is 3.73. The molecule has 6 nitrogen and oxygen atoms in total. The normalized spacial score (nSPS) is 17.4. The molecule has 0 fully saturated rings. The Morgan fingerprint density at radius 2 is 2.29 bits per heavy atom. The third kappa shape index (κ3) is 2.56. The van der Waals surface area contributed by atoms with E-state index in [1.165, 1.54) is 0 Å². The van der Waals surface area contributed by atoms with Gasteiger partial charge in [-0.1, -0.05) is 0 Å². The van der Waals surface area contributed by atoms with Crippen LogP contribution in [0.2, 0.25) is 0 Å². The molecule has 0 saturated carbocycles. The molecule has 2 aromatic rings. The molecule has 1 aliphatic heterocycles. The Balaban J connectivity index is 1.97. The molecule has 2 heterocycles. The van der Waals surface area contributed by atoms with E-state index >= 15 is 0 Å². The maximum Gasteiger partial charge on any atom is 0.201 e. The first-order valence-electron chi connectivity index (χ1n) is 7.30. The van der Waals surface area contributed by atoms with Crippen molar-refractivity contribution in [2.45, 2.75) is 25.5 Å². The second-order valence-corrected chi connectivity index (χ2v) is 5.82. The number of anilines is 1. The van der Waals surface area contributed by atoms with Crippen LogP contribution in [0, 0.1) is 0 Å². The minimum absolute atomic E-state index is 0.0282. The lowest BCUT2D eigenvalue weighted by Gasteiger charge is -2.12. The fourth-order valence-corrected chi connectivity index (χ4v) is 2.92. The predicted octanol–water partition coefficient (Wildman–Crippen LogP) is 0.866. The molecule has 0 bridgehead atoms. The summed E-state index contributed by atoms with van der Waals surface area (Å²) in [5, 5.41) is 9.31. The number of ether oxygens (including phenoxy) is 1. The fourth-order valence-electron chi connectivity index (χ4n) is 2.92. The van der Waals surface area contributed by atoms with Gasteiger partial charge >= 0.3 is 0 Å². The lowest BCUT2D eigenvalue weighted by Crippen LogP contribution is -2.17. The number of fused-ring (bicyclic) bond motifs is 3. The van der Waals surface area contributed by atoms with Gasteiger partial charge in [0.1, 0.15) is 11.9 Å². The zero-order valence-corrected chi connectivity index (χ0v) is 12.5. The number of hydrogen-bond acceptors (Lipinski definition) is 5. The van der Waals surface area contributed by atoms with Crippen LogP contribution in [0.4, 0.5) is 5.95 Å². The van der Waals surface area contributed by atoms with E-state index in [1.807, 2.05) is 12.1 Å². The molecule has 1 aromatic heterocycles. The van der Waals surface area contributed by atoms with Crippen molar-refractivity contribution in [3.05, 3.63) is 17.7 Å². The summed E-state index contributed by atoms with van der Waals surface area (Å²) in [6.07, 6.45) is 1.57. The Hall–Kier alpha value is -1.79. The number of aliphatic hydroxyl groups excluding tert-OH is 1.